The van der Waals surface area contributed by atoms with Gasteiger partial charge in [0.1, 0.15) is 7.57 Å². The minimum Gasteiger partial charge on any atom is -0.254 e. The van der Waals surface area contributed by atoms with Crippen LogP contribution in [0.25, 0.3) is 182 Å². The molecule has 0 amide bonds. The van der Waals surface area contributed by atoms with Crippen LogP contribution in [0.15, 0.2) is 437 Å². The molecule has 19 aromatic carbocycles. The first-order chi connectivity index (χ1) is 69.2. The maximum atomic E-state index is 10.6. The van der Waals surface area contributed by atoms with Gasteiger partial charge in [-0.3, -0.25) is 9.97 Å². The second kappa shape index (κ2) is 43.1. The summed E-state index contributed by atoms with van der Waals surface area (Å²) in [6.07, 6.45) is 3.38. The van der Waals surface area contributed by atoms with Crippen molar-refractivity contribution in [1.29, 1.82) is 1.34 Å². The first kappa shape index (κ1) is 102. The van der Waals surface area contributed by atoms with Gasteiger partial charge in [0.05, 0.1) is 28.5 Å². The number of para-hydroxylation sites is 2. The third kappa shape index (κ3) is 20.5. The summed E-state index contributed by atoms with van der Waals surface area (Å²) in [6, 6.07) is 156. The normalized spacial score (nSPS) is 12.2. The number of nitrogens with zero attached hydrogens (tertiary/aromatic N) is 4. The van der Waals surface area contributed by atoms with E-state index in [1.165, 1.54) is 193 Å². The maximum Gasteiger partial charge on any atom is 1.00 e. The van der Waals surface area contributed by atoms with E-state index in [4.69, 9.17) is 1.34 Å². The maximum absolute atomic E-state index is 10.6. The predicted octanol–water partition coefficient (Wildman–Crippen LogP) is 33.1. The van der Waals surface area contributed by atoms with Crippen LogP contribution < -0.4 is 63.1 Å². The van der Waals surface area contributed by atoms with Crippen LogP contribution in [0, 0.1) is 0 Å². The number of aromatic nitrogens is 3. The monoisotopic (exact) mass is 2150 g/mol. The SMILES string of the molecule is CC(C)(C)c1ccc(-c2c3ccc(C(C)(C)C)cc3c(-c3ccccc3)c3c(-c4ccc(C(C)(C)C)cc4)c4ccc(C(C)(C)C)cc4c(-c4ccccc4)c23)cc1.CC1(C)c2ccccc2-c2ccc(N(c3ccc(-c4ccccc4)cc3)c3ccc(-c4ccc5c(c4)c4ccccc4n5-c4ccccc4)cc3)cc21.[3H][B-].[B]PCF.[BiH2].[Rb+].c1ccc(-c2ccnc3c2ccc2c(-c4ccccc4)ccnc23)cc1. The zero-order valence-electron chi connectivity index (χ0n) is 86.2. The van der Waals surface area contributed by atoms with Gasteiger partial charge in [-0.15, -0.1) is 8.46 Å². The van der Waals surface area contributed by atoms with E-state index in [-0.39, 0.29) is 126 Å². The second-order valence-corrected chi connectivity index (χ2v) is 42.6. The molecule has 0 aliphatic heterocycles. The molecule has 1 aliphatic rings. The van der Waals surface area contributed by atoms with Gasteiger partial charge in [-0.2, -0.15) is 0 Å². The van der Waals surface area contributed by atoms with E-state index in [2.05, 4.69) is 545 Å². The summed E-state index contributed by atoms with van der Waals surface area (Å²) in [5.41, 5.74) is 39.3. The molecule has 10 heteroatoms. The Balaban J connectivity index is 0.000000152. The van der Waals surface area contributed by atoms with Gasteiger partial charge in [-0.05, 0) is 278 Å². The van der Waals surface area contributed by atoms with Crippen molar-refractivity contribution < 1.29 is 62.6 Å². The molecule has 3 aromatic heterocycles. The third-order valence-corrected chi connectivity index (χ3v) is 28.5. The molecule has 3 heterocycles. The molecule has 0 saturated carbocycles. The van der Waals surface area contributed by atoms with Gasteiger partial charge in [0.2, 0.25) is 0 Å². The molecule has 0 spiro atoms. The van der Waals surface area contributed by atoms with Crippen molar-refractivity contribution in [2.24, 2.45) is 0 Å². The van der Waals surface area contributed by atoms with Crippen LogP contribution in [0.1, 0.15) is 130 Å². The Morgan fingerprint density at radius 1 is 0.299 bits per heavy atom. The average molecular weight is 2150 g/mol. The summed E-state index contributed by atoms with van der Waals surface area (Å²) >= 11 is 0. The molecule has 0 saturated heterocycles. The van der Waals surface area contributed by atoms with E-state index >= 15 is 0 Å². The van der Waals surface area contributed by atoms with Gasteiger partial charge < -0.3 is 19.2 Å². The van der Waals surface area contributed by atoms with Crippen LogP contribution >= 0.6 is 8.46 Å². The summed E-state index contributed by atoms with van der Waals surface area (Å²) in [4.78, 5) is 11.7. The predicted molar refractivity (Wildman–Crippen MR) is 623 cm³/mol. The number of anilines is 3. The van der Waals surface area contributed by atoms with Crippen molar-refractivity contribution in [3.8, 4) is 106 Å². The Morgan fingerprint density at radius 3 is 1.06 bits per heavy atom. The number of pyridine rings is 2. The molecule has 0 bridgehead atoms. The molecule has 6 radical (unpaired) electrons. The fraction of sp³-hybridized carbons (Fsp3) is 0.149. The van der Waals surface area contributed by atoms with Crippen LogP contribution in [0.4, 0.5) is 21.5 Å². The molecule has 1 unspecified atom stereocenters. The molecular formula is C134H120B2BiFN4PRb. The second-order valence-electron chi connectivity index (χ2n) is 41.9. The van der Waals surface area contributed by atoms with Gasteiger partial charge in [0.15, 0.2) is 0 Å². The first-order valence-electron chi connectivity index (χ1n) is 49.8. The van der Waals surface area contributed by atoms with E-state index < -0.39 is 0 Å². The fourth-order valence-electron chi connectivity index (χ4n) is 20.9. The molecule has 4 nitrogen and oxygen atoms in total. The third-order valence-electron chi connectivity index (χ3n) is 28.4. The van der Waals surface area contributed by atoms with Gasteiger partial charge in [-0.25, -0.2) is 4.39 Å². The summed E-state index contributed by atoms with van der Waals surface area (Å²) in [7, 11) is 8.40. The van der Waals surface area contributed by atoms with Crippen molar-refractivity contribution in [3.05, 3.63) is 470 Å². The summed E-state index contributed by atoms with van der Waals surface area (Å²) in [6.45, 7) is 32.5. The molecule has 1 aliphatic carbocycles. The molecule has 144 heavy (non-hydrogen) atoms. The Hall–Kier alpha value is -12.4. The molecule has 23 rings (SSSR count). The zero-order chi connectivity index (χ0) is 99.6. The summed E-state index contributed by atoms with van der Waals surface area (Å²) in [5, 5.41) is 12.5. The zero-order valence-corrected chi connectivity index (χ0v) is 95.6. The molecular weight excluding hydrogens is 2030 g/mol. The Bertz CT molecular complexity index is 8080. The van der Waals surface area contributed by atoms with E-state index in [0.29, 0.717) is 0 Å². The smallest absolute Gasteiger partial charge is 0.254 e. The molecule has 1 atom stereocenters. The Morgan fingerprint density at radius 2 is 0.625 bits per heavy atom. The number of hydrogen-bond donors (Lipinski definition) is 0. The largest absolute Gasteiger partial charge is 1.00 e. The number of fused-ring (bicyclic) bond motifs is 12. The molecule has 22 aromatic rings. The van der Waals surface area contributed by atoms with Crippen LogP contribution in [-0.4, -0.2) is 64.4 Å². The molecule has 0 N–H and O–H groups in total. The van der Waals surface area contributed by atoms with Crippen LogP contribution in [-0.2, 0) is 27.1 Å². The minimum atomic E-state index is -0.375. The number of alkyl halides is 1. The summed E-state index contributed by atoms with van der Waals surface area (Å²) < 4.78 is 18.2. The quantitative estimate of drug-likeness (QED) is 0.0499. The van der Waals surface area contributed by atoms with Crippen molar-refractivity contribution in [1.82, 2.24) is 14.5 Å². The van der Waals surface area contributed by atoms with Gasteiger partial charge in [0.25, 0.3) is 0 Å². The van der Waals surface area contributed by atoms with Gasteiger partial charge in [0, 0.05) is 62.1 Å². The average Bonchev–Trinajstić information content (AvgIpc) is 1.62. The van der Waals surface area contributed by atoms with Gasteiger partial charge in [-0.1, -0.05) is 431 Å². The topological polar surface area (TPSA) is 34.0 Å². The van der Waals surface area contributed by atoms with E-state index in [1.807, 2.05) is 24.5 Å². The van der Waals surface area contributed by atoms with Crippen molar-refractivity contribution in [2.45, 2.75) is 124 Å². The van der Waals surface area contributed by atoms with Crippen LogP contribution in [0.5, 0.6) is 0 Å². The van der Waals surface area contributed by atoms with Crippen LogP contribution in [0.2, 0.25) is 0 Å². The fourth-order valence-corrected chi connectivity index (χ4v) is 20.9. The van der Waals surface area contributed by atoms with Gasteiger partial charge >= 0.3 is 84.4 Å². The first-order valence-corrected chi connectivity index (χ1v) is 50.5. The van der Waals surface area contributed by atoms with Crippen molar-refractivity contribution in [2.75, 3.05) is 11.3 Å². The summed E-state index contributed by atoms with van der Waals surface area (Å²) in [5.74, 6) is 0. The van der Waals surface area contributed by atoms with E-state index in [9.17, 15) is 4.39 Å². The van der Waals surface area contributed by atoms with E-state index in [1.54, 1.807) is 0 Å². The molecule has 0 fully saturated rings. The van der Waals surface area contributed by atoms with Crippen LogP contribution in [0.3, 0.4) is 0 Å². The Kier molecular flexibility index (Phi) is 30.4. The number of benzene rings is 19. The minimum absolute atomic E-state index is 0. The van der Waals surface area contributed by atoms with Crippen molar-refractivity contribution in [3.63, 3.8) is 0 Å². The van der Waals surface area contributed by atoms with Crippen molar-refractivity contribution >= 4 is 144 Å². The standard InChI is InChI=1S/C58H60.C51H38N2.C24H16N2.CH3BFP.BH.Bi.Rb.2H/c1-55(2,3)41-27-23-39(24-28-41)49-45-33-31-43(57(7,8)9)35-47(45)52(38-21-17-14-18-22-38)54-50(40-25-29-42(30-26-40)56(4,5)6)46-34-32-44(58(10,11)12)36-48(46)51(53(49)54)37-19-15-13-16-20-37;1-51(2)47-19-11-9-17-43(47)44-31-30-42(34-48(44)51)52(40-26-21-36(22-27-40)35-13-5-3-6-14-35)41-28-23-37(24-29-41)38-25-32-50-46(33-38)45-18-10-12-20-49(45)53(50)39-15-7-4-8-16-39;1-3-7-17(8-4-1)19-13-15-25-23-21(19)11-12-22-20(14-16-26-24(22)23)18-9-5-2-6-10-18;2-4-1-3;;;;;/h13-36H,1-12H3;3-34H,1-2H3;1-16H;4H,1H2;1H;;;;/q;;;;-1;;+1;;/i;;;;1T;;;;. The molecule has 700 valence electrons. The number of hydrogen-bond acceptors (Lipinski definition) is 3. The number of halogens is 1. The van der Waals surface area contributed by atoms with E-state index in [0.717, 1.165) is 38.9 Å². The number of rotatable bonds is 13. The Labute approximate surface area is 923 Å².